The molecule has 0 saturated heterocycles. The molecule has 0 aliphatic heterocycles. The molecule has 3 aromatic rings. The van der Waals surface area contributed by atoms with E-state index in [1.807, 2.05) is 44.2 Å². The third kappa shape index (κ3) is 3.89. The van der Waals surface area contributed by atoms with Crippen LogP contribution in [-0.2, 0) is 14.8 Å². The minimum Gasteiger partial charge on any atom is -0.465 e. The summed E-state index contributed by atoms with van der Waals surface area (Å²) in [6, 6.07) is 15.9. The van der Waals surface area contributed by atoms with Gasteiger partial charge in [0, 0.05) is 10.4 Å². The molecule has 27 heavy (non-hydrogen) atoms. The number of anilines is 1. The van der Waals surface area contributed by atoms with Gasteiger partial charge in [-0.1, -0.05) is 48.0 Å². The lowest BCUT2D eigenvalue weighted by atomic mass is 10.0. The highest BCUT2D eigenvalue weighted by atomic mass is 32.2. The van der Waals surface area contributed by atoms with Gasteiger partial charge in [-0.05, 0) is 31.5 Å². The van der Waals surface area contributed by atoms with Crippen LogP contribution in [0.4, 0.5) is 5.00 Å². The number of rotatable bonds is 5. The zero-order valence-corrected chi connectivity index (χ0v) is 16.8. The third-order valence-corrected chi connectivity index (χ3v) is 6.61. The molecule has 2 aromatic carbocycles. The summed E-state index contributed by atoms with van der Waals surface area (Å²) >= 11 is 1.21. The predicted octanol–water partition coefficient (Wildman–Crippen LogP) is 4.62. The maximum atomic E-state index is 12.8. The standard InChI is InChI=1S/C20H19NO4S2/c1-13-9-11-16(12-10-13)27(23,24)21-19-18(20(22)25-3)17(14(2)26-19)15-7-5-4-6-8-15/h4-12,21H,1-3H3. The van der Waals surface area contributed by atoms with Gasteiger partial charge in [0.2, 0.25) is 0 Å². The Morgan fingerprint density at radius 1 is 1.00 bits per heavy atom. The lowest BCUT2D eigenvalue weighted by Gasteiger charge is -2.10. The zero-order valence-electron chi connectivity index (χ0n) is 15.1. The molecule has 0 atom stereocenters. The fourth-order valence-corrected chi connectivity index (χ4v) is 5.13. The van der Waals surface area contributed by atoms with Crippen molar-refractivity contribution in [3.63, 3.8) is 0 Å². The first kappa shape index (κ1) is 19.1. The fraction of sp³-hybridized carbons (Fsp3) is 0.150. The Labute approximate surface area is 162 Å². The van der Waals surface area contributed by atoms with E-state index < -0.39 is 16.0 Å². The number of sulfonamides is 1. The summed E-state index contributed by atoms with van der Waals surface area (Å²) < 4.78 is 33.0. The average Bonchev–Trinajstić information content (AvgIpc) is 2.97. The average molecular weight is 402 g/mol. The van der Waals surface area contributed by atoms with Crippen molar-refractivity contribution in [3.05, 3.63) is 70.6 Å². The van der Waals surface area contributed by atoms with Gasteiger partial charge in [0.05, 0.1) is 12.0 Å². The van der Waals surface area contributed by atoms with Gasteiger partial charge < -0.3 is 4.74 Å². The van der Waals surface area contributed by atoms with Crippen molar-refractivity contribution in [2.24, 2.45) is 0 Å². The number of hydrogen-bond donors (Lipinski definition) is 1. The quantitative estimate of drug-likeness (QED) is 0.633. The Morgan fingerprint density at radius 2 is 1.63 bits per heavy atom. The summed E-state index contributed by atoms with van der Waals surface area (Å²) in [6.45, 7) is 3.73. The maximum Gasteiger partial charge on any atom is 0.341 e. The van der Waals surface area contributed by atoms with Crippen molar-refractivity contribution in [1.82, 2.24) is 0 Å². The number of hydrogen-bond acceptors (Lipinski definition) is 5. The minimum atomic E-state index is -3.83. The van der Waals surface area contributed by atoms with Gasteiger partial charge in [-0.3, -0.25) is 4.72 Å². The minimum absolute atomic E-state index is 0.135. The van der Waals surface area contributed by atoms with Gasteiger partial charge in [0.1, 0.15) is 10.6 Å². The lowest BCUT2D eigenvalue weighted by Crippen LogP contribution is -2.15. The fourth-order valence-electron chi connectivity index (χ4n) is 2.76. The number of esters is 1. The molecule has 0 amide bonds. The van der Waals surface area contributed by atoms with Crippen LogP contribution < -0.4 is 4.72 Å². The molecule has 0 radical (unpaired) electrons. The number of ether oxygens (including phenoxy) is 1. The van der Waals surface area contributed by atoms with Crippen LogP contribution in [0.2, 0.25) is 0 Å². The van der Waals surface area contributed by atoms with E-state index in [9.17, 15) is 13.2 Å². The van der Waals surface area contributed by atoms with Gasteiger partial charge in [0.25, 0.3) is 10.0 Å². The molecule has 0 aliphatic carbocycles. The Kier molecular flexibility index (Phi) is 5.34. The predicted molar refractivity (Wildman–Crippen MR) is 108 cm³/mol. The van der Waals surface area contributed by atoms with Crippen LogP contribution in [0.1, 0.15) is 20.8 Å². The van der Waals surface area contributed by atoms with E-state index in [0.717, 1.165) is 16.0 Å². The number of aryl methyl sites for hydroxylation is 2. The van der Waals surface area contributed by atoms with Crippen LogP contribution in [-0.4, -0.2) is 21.5 Å². The first-order valence-electron chi connectivity index (χ1n) is 8.20. The van der Waals surface area contributed by atoms with Gasteiger partial charge in [-0.25, -0.2) is 13.2 Å². The normalized spacial score (nSPS) is 11.2. The molecule has 3 rings (SSSR count). The van der Waals surface area contributed by atoms with Crippen molar-refractivity contribution < 1.29 is 17.9 Å². The molecule has 7 heteroatoms. The summed E-state index contributed by atoms with van der Waals surface area (Å²) in [5, 5.41) is 0.249. The molecule has 1 heterocycles. The second-order valence-corrected chi connectivity index (χ2v) is 8.92. The smallest absolute Gasteiger partial charge is 0.341 e. The van der Waals surface area contributed by atoms with Crippen molar-refractivity contribution in [2.75, 3.05) is 11.8 Å². The molecule has 140 valence electrons. The molecule has 0 bridgehead atoms. The van der Waals surface area contributed by atoms with Crippen LogP contribution in [0, 0.1) is 13.8 Å². The second-order valence-electron chi connectivity index (χ2n) is 6.01. The summed E-state index contributed by atoms with van der Waals surface area (Å²) in [5.74, 6) is -0.584. The highest BCUT2D eigenvalue weighted by molar-refractivity contribution is 7.93. The molecule has 0 spiro atoms. The first-order chi connectivity index (χ1) is 12.8. The van der Waals surface area contributed by atoms with Gasteiger partial charge >= 0.3 is 5.97 Å². The van der Waals surface area contributed by atoms with Crippen molar-refractivity contribution in [3.8, 4) is 11.1 Å². The van der Waals surface area contributed by atoms with Crippen LogP contribution >= 0.6 is 11.3 Å². The second kappa shape index (κ2) is 7.54. The van der Waals surface area contributed by atoms with E-state index in [4.69, 9.17) is 4.74 Å². The molecule has 0 saturated carbocycles. The van der Waals surface area contributed by atoms with Crippen LogP contribution in [0.5, 0.6) is 0 Å². The molecular formula is C20H19NO4S2. The molecular weight excluding hydrogens is 382 g/mol. The van der Waals surface area contributed by atoms with E-state index in [0.29, 0.717) is 5.56 Å². The highest BCUT2D eigenvalue weighted by Gasteiger charge is 2.27. The van der Waals surface area contributed by atoms with Crippen molar-refractivity contribution in [2.45, 2.75) is 18.7 Å². The topological polar surface area (TPSA) is 72.5 Å². The van der Waals surface area contributed by atoms with Gasteiger partial charge in [-0.15, -0.1) is 11.3 Å². The summed E-state index contributed by atoms with van der Waals surface area (Å²) in [5.41, 5.74) is 2.69. The van der Waals surface area contributed by atoms with Crippen molar-refractivity contribution >= 4 is 32.3 Å². The number of carbonyl (C=O) groups is 1. The van der Waals surface area contributed by atoms with Crippen LogP contribution in [0.3, 0.4) is 0 Å². The van der Waals surface area contributed by atoms with E-state index >= 15 is 0 Å². The monoisotopic (exact) mass is 401 g/mol. The summed E-state index contributed by atoms with van der Waals surface area (Å²) in [4.78, 5) is 13.4. The number of thiophene rings is 1. The molecule has 0 unspecified atom stereocenters. The SMILES string of the molecule is COC(=O)c1c(NS(=O)(=O)c2ccc(C)cc2)sc(C)c1-c1ccccc1. The lowest BCUT2D eigenvalue weighted by molar-refractivity contribution is 0.0603. The van der Waals surface area contributed by atoms with Gasteiger partial charge in [-0.2, -0.15) is 0 Å². The van der Waals surface area contributed by atoms with E-state index in [2.05, 4.69) is 4.72 Å². The molecule has 0 aliphatic rings. The highest BCUT2D eigenvalue weighted by Crippen LogP contribution is 2.41. The van der Waals surface area contributed by atoms with Crippen LogP contribution in [0.25, 0.3) is 11.1 Å². The van der Waals surface area contributed by atoms with E-state index in [1.165, 1.54) is 30.6 Å². The number of methoxy groups -OCH3 is 1. The summed E-state index contributed by atoms with van der Waals surface area (Å²) in [7, 11) is -2.55. The Morgan fingerprint density at radius 3 is 2.22 bits per heavy atom. The first-order valence-corrected chi connectivity index (χ1v) is 10.5. The Bertz CT molecular complexity index is 1070. The third-order valence-electron chi connectivity index (χ3n) is 4.09. The molecule has 1 aromatic heterocycles. The Balaban J connectivity index is 2.11. The molecule has 1 N–H and O–H groups in total. The van der Waals surface area contributed by atoms with E-state index in [-0.39, 0.29) is 15.5 Å². The van der Waals surface area contributed by atoms with Crippen LogP contribution in [0.15, 0.2) is 59.5 Å². The van der Waals surface area contributed by atoms with E-state index in [1.54, 1.807) is 12.1 Å². The number of benzene rings is 2. The zero-order chi connectivity index (χ0) is 19.6. The summed E-state index contributed by atoms with van der Waals surface area (Å²) in [6.07, 6.45) is 0. The van der Waals surface area contributed by atoms with Gasteiger partial charge in [0.15, 0.2) is 0 Å². The largest absolute Gasteiger partial charge is 0.465 e. The molecule has 0 fully saturated rings. The Hall–Kier alpha value is -2.64. The molecule has 5 nitrogen and oxygen atoms in total. The maximum absolute atomic E-state index is 12.8. The van der Waals surface area contributed by atoms with Crippen molar-refractivity contribution in [1.29, 1.82) is 0 Å². The number of nitrogens with one attached hydrogen (secondary N) is 1. The number of carbonyl (C=O) groups excluding carboxylic acids is 1.